The molecule has 0 radical (unpaired) electrons. The normalized spacial score (nSPS) is 18.4. The minimum atomic E-state index is -0.399. The molecule has 2 aliphatic rings. The van der Waals surface area contributed by atoms with Crippen LogP contribution in [0.2, 0.25) is 0 Å². The molecule has 176 valence electrons. The van der Waals surface area contributed by atoms with Gasteiger partial charge in [-0.05, 0) is 37.0 Å². The summed E-state index contributed by atoms with van der Waals surface area (Å²) in [6.07, 6.45) is 4.68. The fourth-order valence-electron chi connectivity index (χ4n) is 4.35. The number of nitrogens with zero attached hydrogens (tertiary/aromatic N) is 4. The van der Waals surface area contributed by atoms with E-state index in [4.69, 9.17) is 9.47 Å². The van der Waals surface area contributed by atoms with Gasteiger partial charge in [-0.1, -0.05) is 60.3 Å². The second-order valence-corrected chi connectivity index (χ2v) is 9.47. The van der Waals surface area contributed by atoms with Crippen LogP contribution in [0.4, 0.5) is 0 Å². The fraction of sp³-hybridized carbons (Fsp3) is 0.346. The van der Waals surface area contributed by atoms with Gasteiger partial charge in [0.1, 0.15) is 11.9 Å². The summed E-state index contributed by atoms with van der Waals surface area (Å²) in [5.74, 6) is 2.19. The number of carbonyl (C=O) groups excluding carboxylic acids is 1. The second-order valence-electron chi connectivity index (χ2n) is 8.40. The number of hydrogen-bond donors (Lipinski definition) is 0. The van der Waals surface area contributed by atoms with Crippen molar-refractivity contribution in [3.8, 4) is 11.5 Å². The summed E-state index contributed by atoms with van der Waals surface area (Å²) in [6, 6.07) is 17.5. The summed E-state index contributed by atoms with van der Waals surface area (Å²) in [7, 11) is 0. The summed E-state index contributed by atoms with van der Waals surface area (Å²) in [5.41, 5.74) is 0.962. The lowest BCUT2D eigenvalue weighted by atomic mass is 10.1. The quantitative estimate of drug-likeness (QED) is 0.360. The average molecular weight is 477 g/mol. The molecule has 2 aliphatic heterocycles. The summed E-state index contributed by atoms with van der Waals surface area (Å²) in [5, 5.41) is 9.21. The number of benzene rings is 2. The van der Waals surface area contributed by atoms with Gasteiger partial charge in [0.25, 0.3) is 0 Å². The molecule has 2 aromatic carbocycles. The molecule has 1 fully saturated rings. The van der Waals surface area contributed by atoms with Crippen LogP contribution in [0.3, 0.4) is 0 Å². The fourth-order valence-corrected chi connectivity index (χ4v) is 5.48. The molecule has 3 heterocycles. The smallest absolute Gasteiger partial charge is 0.240 e. The molecule has 0 N–H and O–H groups in total. The lowest BCUT2D eigenvalue weighted by Crippen LogP contribution is -2.38. The lowest BCUT2D eigenvalue weighted by Gasteiger charge is -2.30. The Morgan fingerprint density at radius 2 is 1.79 bits per heavy atom. The highest BCUT2D eigenvalue weighted by Gasteiger charge is 2.32. The van der Waals surface area contributed by atoms with E-state index in [2.05, 4.69) is 16.8 Å². The Balaban J connectivity index is 1.44. The zero-order valence-corrected chi connectivity index (χ0v) is 19.8. The van der Waals surface area contributed by atoms with Gasteiger partial charge in [-0.25, -0.2) is 0 Å². The molecule has 34 heavy (non-hydrogen) atoms. The number of rotatable bonds is 7. The number of hydrogen-bond acceptors (Lipinski definition) is 6. The summed E-state index contributed by atoms with van der Waals surface area (Å²) in [4.78, 5) is 15.6. The standard InChI is InChI=1S/C26H28N4O3S/c1-2-15-30-24(22-18-32-20-13-7-8-14-21(20)33-22)27-28-26(30)34-23(19-11-5-3-6-12-19)25(31)29-16-9-4-10-17-29/h2-3,5-8,11-14,22-23H,1,4,9-10,15-18H2. The SMILES string of the molecule is C=CCn1c(SC(C(=O)N2CCCCC2)c2ccccc2)nnc1C1COc2ccccc2O1. The van der Waals surface area contributed by atoms with E-state index in [1.807, 2.05) is 64.1 Å². The van der Waals surface area contributed by atoms with Crippen molar-refractivity contribution < 1.29 is 14.3 Å². The van der Waals surface area contributed by atoms with Crippen LogP contribution >= 0.6 is 11.8 Å². The maximum absolute atomic E-state index is 13.6. The van der Waals surface area contributed by atoms with Gasteiger partial charge in [0.2, 0.25) is 5.91 Å². The number of para-hydroxylation sites is 2. The number of amides is 1. The van der Waals surface area contributed by atoms with E-state index in [0.717, 1.165) is 37.2 Å². The van der Waals surface area contributed by atoms with Crippen molar-refractivity contribution in [2.24, 2.45) is 0 Å². The van der Waals surface area contributed by atoms with Crippen LogP contribution in [0.1, 0.15) is 42.0 Å². The van der Waals surface area contributed by atoms with Gasteiger partial charge in [0.05, 0.1) is 0 Å². The zero-order valence-electron chi connectivity index (χ0n) is 19.0. The van der Waals surface area contributed by atoms with Crippen molar-refractivity contribution in [1.82, 2.24) is 19.7 Å². The van der Waals surface area contributed by atoms with Crippen molar-refractivity contribution in [1.29, 1.82) is 0 Å². The van der Waals surface area contributed by atoms with Crippen LogP contribution < -0.4 is 9.47 Å². The van der Waals surface area contributed by atoms with Crippen LogP contribution in [-0.4, -0.2) is 45.3 Å². The molecule has 2 unspecified atom stereocenters. The first-order valence-corrected chi connectivity index (χ1v) is 12.6. The average Bonchev–Trinajstić information content (AvgIpc) is 3.30. The van der Waals surface area contributed by atoms with E-state index in [9.17, 15) is 4.79 Å². The number of thioether (sulfide) groups is 1. The van der Waals surface area contributed by atoms with E-state index in [1.165, 1.54) is 18.2 Å². The molecule has 1 saturated heterocycles. The van der Waals surface area contributed by atoms with Crippen molar-refractivity contribution in [2.45, 2.75) is 42.3 Å². The van der Waals surface area contributed by atoms with Gasteiger partial charge in [0, 0.05) is 19.6 Å². The summed E-state index contributed by atoms with van der Waals surface area (Å²) < 4.78 is 14.1. The Morgan fingerprint density at radius 3 is 2.56 bits per heavy atom. The third-order valence-corrected chi connectivity index (χ3v) is 7.29. The number of allylic oxidation sites excluding steroid dienone is 1. The highest BCUT2D eigenvalue weighted by atomic mass is 32.2. The third-order valence-electron chi connectivity index (χ3n) is 6.07. The minimum absolute atomic E-state index is 0.122. The molecule has 0 spiro atoms. The number of aromatic nitrogens is 3. The third kappa shape index (κ3) is 4.68. The van der Waals surface area contributed by atoms with Gasteiger partial charge in [-0.3, -0.25) is 9.36 Å². The monoisotopic (exact) mass is 476 g/mol. The van der Waals surface area contributed by atoms with Crippen molar-refractivity contribution >= 4 is 17.7 Å². The minimum Gasteiger partial charge on any atom is -0.485 e. The van der Waals surface area contributed by atoms with E-state index in [0.29, 0.717) is 29.9 Å². The Labute approximate surface area is 203 Å². The van der Waals surface area contributed by atoms with Gasteiger partial charge >= 0.3 is 0 Å². The predicted molar refractivity (Wildman–Crippen MR) is 131 cm³/mol. The molecule has 0 saturated carbocycles. The molecule has 2 atom stereocenters. The summed E-state index contributed by atoms with van der Waals surface area (Å²) >= 11 is 1.43. The van der Waals surface area contributed by atoms with Gasteiger partial charge in [0.15, 0.2) is 28.6 Å². The Bertz CT molecular complexity index is 1140. The molecule has 5 rings (SSSR count). The van der Waals surface area contributed by atoms with E-state index in [1.54, 1.807) is 6.08 Å². The van der Waals surface area contributed by atoms with Crippen molar-refractivity contribution in [2.75, 3.05) is 19.7 Å². The van der Waals surface area contributed by atoms with Crippen molar-refractivity contribution in [3.05, 3.63) is 78.6 Å². The first kappa shape index (κ1) is 22.5. The van der Waals surface area contributed by atoms with E-state index < -0.39 is 11.4 Å². The molecule has 7 nitrogen and oxygen atoms in total. The maximum atomic E-state index is 13.6. The van der Waals surface area contributed by atoms with Crippen LogP contribution in [-0.2, 0) is 11.3 Å². The molecular weight excluding hydrogens is 448 g/mol. The van der Waals surface area contributed by atoms with E-state index in [-0.39, 0.29) is 5.91 Å². The summed E-state index contributed by atoms with van der Waals surface area (Å²) in [6.45, 7) is 6.37. The highest BCUT2D eigenvalue weighted by Crippen LogP contribution is 2.39. The van der Waals surface area contributed by atoms with Gasteiger partial charge < -0.3 is 14.4 Å². The lowest BCUT2D eigenvalue weighted by molar-refractivity contribution is -0.131. The number of ether oxygens (including phenoxy) is 2. The largest absolute Gasteiger partial charge is 0.485 e. The molecule has 1 amide bonds. The number of piperidine rings is 1. The molecule has 3 aromatic rings. The highest BCUT2D eigenvalue weighted by molar-refractivity contribution is 8.00. The zero-order chi connectivity index (χ0) is 23.3. The number of carbonyl (C=O) groups is 1. The predicted octanol–water partition coefficient (Wildman–Crippen LogP) is 4.82. The number of fused-ring (bicyclic) bond motifs is 1. The van der Waals surface area contributed by atoms with Gasteiger partial charge in [-0.2, -0.15) is 0 Å². The van der Waals surface area contributed by atoms with Crippen LogP contribution in [0, 0.1) is 0 Å². The van der Waals surface area contributed by atoms with Gasteiger partial charge in [-0.15, -0.1) is 16.8 Å². The number of likely N-dealkylation sites (tertiary alicyclic amines) is 1. The Kier molecular flexibility index (Phi) is 6.85. The molecule has 0 aliphatic carbocycles. The Morgan fingerprint density at radius 1 is 1.06 bits per heavy atom. The molecular formula is C26H28N4O3S. The first-order chi connectivity index (χ1) is 16.7. The maximum Gasteiger partial charge on any atom is 0.240 e. The molecule has 1 aromatic heterocycles. The topological polar surface area (TPSA) is 69.5 Å². The van der Waals surface area contributed by atoms with Crippen molar-refractivity contribution in [3.63, 3.8) is 0 Å². The molecule has 8 heteroatoms. The Hall–Kier alpha value is -3.26. The molecule has 0 bridgehead atoms. The van der Waals surface area contributed by atoms with Crippen LogP contribution in [0.5, 0.6) is 11.5 Å². The first-order valence-electron chi connectivity index (χ1n) is 11.7. The van der Waals surface area contributed by atoms with Crippen LogP contribution in [0.15, 0.2) is 72.4 Å². The second kappa shape index (κ2) is 10.3. The van der Waals surface area contributed by atoms with E-state index >= 15 is 0 Å². The van der Waals surface area contributed by atoms with Crippen LogP contribution in [0.25, 0.3) is 0 Å².